The van der Waals surface area contributed by atoms with E-state index in [0.29, 0.717) is 0 Å². The third-order valence-electron chi connectivity index (χ3n) is 11.2. The predicted octanol–water partition coefficient (Wildman–Crippen LogP) is 12.4. The first-order valence-electron chi connectivity index (χ1n) is 18.4. The average molecular weight is 678 g/mol. The van der Waals surface area contributed by atoms with Crippen molar-refractivity contribution in [1.29, 1.82) is 0 Å². The molecular weight excluding hydrogens is 643 g/mol. The van der Waals surface area contributed by atoms with E-state index in [1.165, 1.54) is 87.3 Å². The second-order valence-electron chi connectivity index (χ2n) is 14.1. The molecule has 9 aromatic carbocycles. The van der Waals surface area contributed by atoms with Crippen molar-refractivity contribution in [3.8, 4) is 5.69 Å². The van der Waals surface area contributed by atoms with Crippen LogP contribution in [0.4, 0.5) is 0 Å². The van der Waals surface area contributed by atoms with E-state index in [-0.39, 0.29) is 12.2 Å². The molecule has 0 amide bonds. The van der Waals surface area contributed by atoms with Gasteiger partial charge in [0.1, 0.15) is 6.17 Å². The Hall–Kier alpha value is -6.68. The molecule has 53 heavy (non-hydrogen) atoms. The van der Waals surface area contributed by atoms with Crippen LogP contribution in [0.3, 0.4) is 0 Å². The molecule has 2 heterocycles. The van der Waals surface area contributed by atoms with Crippen molar-refractivity contribution in [3.05, 3.63) is 205 Å². The van der Waals surface area contributed by atoms with Crippen molar-refractivity contribution in [2.45, 2.75) is 12.2 Å². The van der Waals surface area contributed by atoms with Crippen molar-refractivity contribution >= 4 is 70.6 Å². The lowest BCUT2D eigenvalue weighted by atomic mass is 9.87. The van der Waals surface area contributed by atoms with Gasteiger partial charge in [0.2, 0.25) is 0 Å². The maximum atomic E-state index is 4.08. The normalized spacial score (nSPS) is 16.1. The zero-order valence-electron chi connectivity index (χ0n) is 29.0. The topological polar surface area (TPSA) is 29.0 Å². The molecule has 1 aliphatic rings. The van der Waals surface area contributed by atoms with Crippen LogP contribution in [0.15, 0.2) is 188 Å². The molecule has 0 aliphatic carbocycles. The number of hydrogen-bond acceptors (Lipinski definition) is 2. The largest absolute Gasteiger partial charge is 0.366 e. The molecule has 0 saturated carbocycles. The van der Waals surface area contributed by atoms with Gasteiger partial charge in [-0.25, -0.2) is 0 Å². The highest BCUT2D eigenvalue weighted by atomic mass is 15.2. The maximum absolute atomic E-state index is 4.08. The van der Waals surface area contributed by atoms with Gasteiger partial charge in [0.15, 0.2) is 0 Å². The molecule has 250 valence electrons. The van der Waals surface area contributed by atoms with Gasteiger partial charge in [-0.05, 0) is 79.3 Å². The summed E-state index contributed by atoms with van der Waals surface area (Å²) >= 11 is 0. The van der Waals surface area contributed by atoms with Gasteiger partial charge in [0.05, 0.1) is 17.1 Å². The first-order valence-corrected chi connectivity index (χ1v) is 18.4. The fraction of sp³-hybridized carbons (Fsp3) is 0.0400. The van der Waals surface area contributed by atoms with E-state index < -0.39 is 0 Å². The van der Waals surface area contributed by atoms with Crippen molar-refractivity contribution in [1.82, 2.24) is 15.2 Å². The van der Waals surface area contributed by atoms with Crippen molar-refractivity contribution in [3.63, 3.8) is 0 Å². The van der Waals surface area contributed by atoms with Gasteiger partial charge < -0.3 is 9.88 Å². The number of aromatic nitrogens is 1. The third kappa shape index (κ3) is 4.64. The van der Waals surface area contributed by atoms with Crippen LogP contribution in [0.2, 0.25) is 0 Å². The summed E-state index contributed by atoms with van der Waals surface area (Å²) in [6, 6.07) is 66.2. The number of fused-ring (bicyclic) bond motifs is 11. The first-order chi connectivity index (χ1) is 26.3. The van der Waals surface area contributed by atoms with Gasteiger partial charge in [0, 0.05) is 32.9 Å². The zero-order valence-corrected chi connectivity index (χ0v) is 29.0. The summed E-state index contributed by atoms with van der Waals surface area (Å²) in [6.45, 7) is 0. The van der Waals surface area contributed by atoms with Crippen molar-refractivity contribution in [2.75, 3.05) is 0 Å². The molecule has 2 unspecified atom stereocenters. The molecular formula is C50H35N3. The number of benzene rings is 9. The Morgan fingerprint density at radius 1 is 0.434 bits per heavy atom. The maximum Gasteiger partial charge on any atom is 0.105 e. The lowest BCUT2D eigenvalue weighted by Gasteiger charge is -2.34. The summed E-state index contributed by atoms with van der Waals surface area (Å²) in [4.78, 5) is 0. The van der Waals surface area contributed by atoms with Crippen molar-refractivity contribution < 1.29 is 0 Å². The molecule has 11 rings (SSSR count). The highest BCUT2D eigenvalue weighted by molar-refractivity contribution is 6.37. The average Bonchev–Trinajstić information content (AvgIpc) is 3.59. The van der Waals surface area contributed by atoms with Crippen LogP contribution in [-0.4, -0.2) is 4.57 Å². The Bertz CT molecular complexity index is 3060. The van der Waals surface area contributed by atoms with Crippen LogP contribution in [-0.2, 0) is 0 Å². The molecule has 10 aromatic rings. The van der Waals surface area contributed by atoms with Crippen molar-refractivity contribution in [2.24, 2.45) is 0 Å². The summed E-state index contributed by atoms with van der Waals surface area (Å²) in [5, 5.41) is 20.6. The van der Waals surface area contributed by atoms with Crippen LogP contribution in [0.5, 0.6) is 0 Å². The molecule has 0 fully saturated rings. The smallest absolute Gasteiger partial charge is 0.105 e. The minimum atomic E-state index is -0.108. The van der Waals surface area contributed by atoms with E-state index in [0.717, 1.165) is 5.70 Å². The lowest BCUT2D eigenvalue weighted by molar-refractivity contribution is 0.447. The number of nitrogens with zero attached hydrogens (tertiary/aromatic N) is 1. The van der Waals surface area contributed by atoms with E-state index in [4.69, 9.17) is 0 Å². The second kappa shape index (κ2) is 11.9. The second-order valence-corrected chi connectivity index (χ2v) is 14.1. The van der Waals surface area contributed by atoms with Gasteiger partial charge in [-0.3, -0.25) is 5.32 Å². The Morgan fingerprint density at radius 3 is 1.87 bits per heavy atom. The van der Waals surface area contributed by atoms with E-state index in [2.05, 4.69) is 203 Å². The third-order valence-corrected chi connectivity index (χ3v) is 11.2. The SMILES string of the molecule is C1=C(c2ccccc2)NC(c2cccc3ccccc23)NC1c1cc2c3ccccc3c3c(c4ccccc4n3-c3ccccc3)c2c2ccccc12. The summed E-state index contributed by atoms with van der Waals surface area (Å²) in [5.41, 5.74) is 8.44. The minimum Gasteiger partial charge on any atom is -0.366 e. The summed E-state index contributed by atoms with van der Waals surface area (Å²) in [5.74, 6) is 0. The molecule has 0 radical (unpaired) electrons. The van der Waals surface area contributed by atoms with Crippen LogP contribution in [0, 0.1) is 0 Å². The molecule has 3 nitrogen and oxygen atoms in total. The summed E-state index contributed by atoms with van der Waals surface area (Å²) in [6.07, 6.45) is 2.27. The van der Waals surface area contributed by atoms with E-state index in [1.54, 1.807) is 0 Å². The molecule has 2 atom stereocenters. The number of rotatable bonds is 4. The van der Waals surface area contributed by atoms with Gasteiger partial charge in [-0.2, -0.15) is 0 Å². The lowest BCUT2D eigenvalue weighted by Crippen LogP contribution is -2.39. The van der Waals surface area contributed by atoms with E-state index >= 15 is 0 Å². The molecule has 0 bridgehead atoms. The number of nitrogens with one attached hydrogen (secondary N) is 2. The Balaban J connectivity index is 1.23. The molecule has 3 heteroatoms. The quantitative estimate of drug-likeness (QED) is 0.182. The number of hydrogen-bond donors (Lipinski definition) is 2. The highest BCUT2D eigenvalue weighted by Crippen LogP contribution is 2.47. The fourth-order valence-corrected chi connectivity index (χ4v) is 8.95. The van der Waals surface area contributed by atoms with Gasteiger partial charge in [0.25, 0.3) is 0 Å². The minimum absolute atomic E-state index is 0.0650. The summed E-state index contributed by atoms with van der Waals surface area (Å²) in [7, 11) is 0. The predicted molar refractivity (Wildman–Crippen MR) is 223 cm³/mol. The van der Waals surface area contributed by atoms with Crippen LogP contribution in [0.25, 0.3) is 76.3 Å². The Kier molecular flexibility index (Phi) is 6.76. The first kappa shape index (κ1) is 30.0. The zero-order chi connectivity index (χ0) is 34.9. The monoisotopic (exact) mass is 677 g/mol. The molecule has 0 spiro atoms. The number of para-hydroxylation sites is 2. The fourth-order valence-electron chi connectivity index (χ4n) is 8.95. The standard InChI is InChI=1S/C50H35N3/c1-3-17-33(18-4-1)44-31-45(52-50(51-44)40-28-15-19-32-16-7-8-22-35(32)40)42-30-43-37-24-10-12-26-39(37)49-48(47(43)38-25-11-9-23-36(38)42)41-27-13-14-29-46(41)53(49)34-20-5-2-6-21-34/h1-31,45,50-52H. The van der Waals surface area contributed by atoms with Crippen LogP contribution < -0.4 is 10.6 Å². The Morgan fingerprint density at radius 2 is 1.06 bits per heavy atom. The Labute approximate surface area is 307 Å². The molecule has 1 aliphatic heterocycles. The van der Waals surface area contributed by atoms with E-state index in [9.17, 15) is 0 Å². The molecule has 2 N–H and O–H groups in total. The van der Waals surface area contributed by atoms with Gasteiger partial charge >= 0.3 is 0 Å². The van der Waals surface area contributed by atoms with Gasteiger partial charge in [-0.1, -0.05) is 158 Å². The van der Waals surface area contributed by atoms with Gasteiger partial charge in [-0.15, -0.1) is 0 Å². The van der Waals surface area contributed by atoms with Crippen LogP contribution >= 0.6 is 0 Å². The molecule has 1 aromatic heterocycles. The van der Waals surface area contributed by atoms with E-state index in [1.807, 2.05) is 0 Å². The molecule has 0 saturated heterocycles. The van der Waals surface area contributed by atoms with Crippen LogP contribution in [0.1, 0.15) is 28.9 Å². The summed E-state index contributed by atoms with van der Waals surface area (Å²) < 4.78 is 2.47. The highest BCUT2D eigenvalue weighted by Gasteiger charge is 2.28.